The molecule has 0 aliphatic heterocycles. The van der Waals surface area contributed by atoms with Crippen LogP contribution in [0.3, 0.4) is 0 Å². The molecule has 0 radical (unpaired) electrons. The van der Waals surface area contributed by atoms with E-state index in [9.17, 15) is 14.7 Å². The number of carbonyl (C=O) groups is 2. The Hall–Kier alpha value is -3.14. The minimum absolute atomic E-state index is 0.0857. The van der Waals surface area contributed by atoms with Gasteiger partial charge >= 0.3 is 5.97 Å². The van der Waals surface area contributed by atoms with E-state index in [4.69, 9.17) is 5.73 Å². The fourth-order valence-electron chi connectivity index (χ4n) is 7.38. The first-order chi connectivity index (χ1) is 15.4. The number of carbonyl (C=O) groups excluding carboxylic acids is 1. The molecule has 4 bridgehead atoms. The Labute approximate surface area is 187 Å². The van der Waals surface area contributed by atoms with Crippen molar-refractivity contribution < 1.29 is 14.7 Å². The zero-order valence-corrected chi connectivity index (χ0v) is 18.0. The zero-order valence-electron chi connectivity index (χ0n) is 18.0. The van der Waals surface area contributed by atoms with Gasteiger partial charge in [0, 0.05) is 5.56 Å². The normalized spacial score (nSPS) is 28.2. The van der Waals surface area contributed by atoms with Crippen LogP contribution in [0.15, 0.2) is 54.6 Å². The van der Waals surface area contributed by atoms with Crippen molar-refractivity contribution in [1.29, 1.82) is 0 Å². The van der Waals surface area contributed by atoms with Crippen LogP contribution in [0.2, 0.25) is 0 Å². The number of amides is 1. The van der Waals surface area contributed by atoms with Crippen LogP contribution >= 0.6 is 0 Å². The van der Waals surface area contributed by atoms with Crippen molar-refractivity contribution in [3.05, 3.63) is 71.3 Å². The van der Waals surface area contributed by atoms with Crippen molar-refractivity contribution in [3.8, 4) is 11.1 Å². The lowest BCUT2D eigenvalue weighted by Gasteiger charge is -2.57. The predicted molar refractivity (Wildman–Crippen MR) is 125 cm³/mol. The van der Waals surface area contributed by atoms with E-state index >= 15 is 0 Å². The van der Waals surface area contributed by atoms with Gasteiger partial charge in [-0.3, -0.25) is 4.79 Å². The van der Waals surface area contributed by atoms with Crippen LogP contribution in [-0.2, 0) is 5.41 Å². The molecule has 4 aliphatic carbocycles. The van der Waals surface area contributed by atoms with Crippen LogP contribution in [0.1, 0.15) is 64.8 Å². The third-order valence-electron chi connectivity index (χ3n) is 8.32. The summed E-state index contributed by atoms with van der Waals surface area (Å²) < 4.78 is 0. The highest BCUT2D eigenvalue weighted by Crippen LogP contribution is 2.61. The molecule has 4 nitrogen and oxygen atoms in total. The minimum Gasteiger partial charge on any atom is -0.478 e. The molecule has 0 atom stereocenters. The van der Waals surface area contributed by atoms with Crippen LogP contribution in [0, 0.1) is 17.8 Å². The molecule has 4 aliphatic rings. The van der Waals surface area contributed by atoms with Gasteiger partial charge in [-0.25, -0.2) is 4.79 Å². The first-order valence-corrected chi connectivity index (χ1v) is 11.6. The molecule has 4 heteroatoms. The number of hydrogen-bond donors (Lipinski definition) is 2. The van der Waals surface area contributed by atoms with Gasteiger partial charge in [0.05, 0.1) is 5.56 Å². The lowest BCUT2D eigenvalue weighted by atomic mass is 9.47. The first kappa shape index (κ1) is 19.5. The molecule has 1 amide bonds. The molecule has 7 rings (SSSR count). The van der Waals surface area contributed by atoms with Crippen molar-refractivity contribution >= 4 is 22.6 Å². The fraction of sp³-hybridized carbons (Fsp3) is 0.357. The first-order valence-electron chi connectivity index (χ1n) is 11.6. The average Bonchev–Trinajstić information content (AvgIpc) is 2.77. The van der Waals surface area contributed by atoms with Crippen molar-refractivity contribution in [3.63, 3.8) is 0 Å². The van der Waals surface area contributed by atoms with Crippen LogP contribution in [0.5, 0.6) is 0 Å². The van der Waals surface area contributed by atoms with E-state index in [-0.39, 0.29) is 11.3 Å². The summed E-state index contributed by atoms with van der Waals surface area (Å²) in [7, 11) is 0. The number of rotatable bonds is 4. The third-order valence-corrected chi connectivity index (χ3v) is 8.32. The van der Waals surface area contributed by atoms with Gasteiger partial charge in [0.15, 0.2) is 0 Å². The van der Waals surface area contributed by atoms with E-state index < -0.39 is 5.97 Å². The average molecular weight is 426 g/mol. The van der Waals surface area contributed by atoms with Crippen molar-refractivity contribution in [2.24, 2.45) is 23.5 Å². The number of primary amides is 1. The van der Waals surface area contributed by atoms with Crippen LogP contribution in [-0.4, -0.2) is 17.0 Å². The van der Waals surface area contributed by atoms with Gasteiger partial charge in [-0.05, 0) is 119 Å². The molecule has 0 saturated heterocycles. The number of nitrogens with two attached hydrogens (primary N) is 1. The van der Waals surface area contributed by atoms with Gasteiger partial charge in [0.25, 0.3) is 0 Å². The highest BCUT2D eigenvalue weighted by molar-refractivity contribution is 5.97. The summed E-state index contributed by atoms with van der Waals surface area (Å²) in [5, 5.41) is 11.2. The maximum atomic E-state index is 12.4. The maximum Gasteiger partial charge on any atom is 0.335 e. The highest BCUT2D eigenvalue weighted by atomic mass is 16.4. The van der Waals surface area contributed by atoms with Gasteiger partial charge in [0.2, 0.25) is 5.91 Å². The summed E-state index contributed by atoms with van der Waals surface area (Å²) in [6, 6.07) is 17.5. The number of carboxylic acid groups (broad SMARTS) is 1. The summed E-state index contributed by atoms with van der Waals surface area (Å²) >= 11 is 0. The van der Waals surface area contributed by atoms with Crippen molar-refractivity contribution in [2.75, 3.05) is 0 Å². The number of aromatic carboxylic acids is 1. The molecule has 3 aromatic carbocycles. The summed E-state index contributed by atoms with van der Waals surface area (Å²) in [6.45, 7) is 0. The largest absolute Gasteiger partial charge is 0.478 e. The Kier molecular flexibility index (Phi) is 4.23. The predicted octanol–water partition coefficient (Wildman–Crippen LogP) is 5.77. The molecule has 0 heterocycles. The van der Waals surface area contributed by atoms with E-state index in [0.717, 1.165) is 45.2 Å². The molecular weight excluding hydrogens is 398 g/mol. The number of fused-ring (bicyclic) bond motifs is 1. The zero-order chi connectivity index (χ0) is 22.0. The molecule has 32 heavy (non-hydrogen) atoms. The highest BCUT2D eigenvalue weighted by Gasteiger charge is 2.52. The molecule has 0 aromatic heterocycles. The topological polar surface area (TPSA) is 80.4 Å². The third kappa shape index (κ3) is 3.04. The van der Waals surface area contributed by atoms with Crippen LogP contribution in [0.25, 0.3) is 21.9 Å². The molecule has 3 N–H and O–H groups in total. The second-order valence-corrected chi connectivity index (χ2v) is 10.4. The van der Waals surface area contributed by atoms with Gasteiger partial charge in [-0.15, -0.1) is 0 Å². The van der Waals surface area contributed by atoms with Crippen molar-refractivity contribution in [1.82, 2.24) is 0 Å². The van der Waals surface area contributed by atoms with Gasteiger partial charge in [0.1, 0.15) is 0 Å². The fourth-order valence-corrected chi connectivity index (χ4v) is 7.38. The van der Waals surface area contributed by atoms with E-state index in [1.807, 2.05) is 30.3 Å². The van der Waals surface area contributed by atoms with Gasteiger partial charge in [-0.1, -0.05) is 24.3 Å². The molecular formula is C28H27NO3. The standard InChI is InChI=1S/C28H27NO3/c29-26(30)24-6-5-22(20-1-2-21-11-23(27(31)32)4-3-19(21)10-20)12-25(24)28-13-16-7-17(14-28)9-18(8-16)15-28/h1-6,10-12,16-18H,7-9,13-15H2,(H2,29,30)(H,31,32). The van der Waals surface area contributed by atoms with Crippen LogP contribution < -0.4 is 5.73 Å². The second kappa shape index (κ2) is 6.93. The molecule has 4 saturated carbocycles. The summed E-state index contributed by atoms with van der Waals surface area (Å²) in [4.78, 5) is 23.7. The van der Waals surface area contributed by atoms with Gasteiger partial charge in [-0.2, -0.15) is 0 Å². The quantitative estimate of drug-likeness (QED) is 0.557. The van der Waals surface area contributed by atoms with Crippen molar-refractivity contribution in [2.45, 2.75) is 43.9 Å². The smallest absolute Gasteiger partial charge is 0.335 e. The summed E-state index contributed by atoms with van der Waals surface area (Å²) in [5.41, 5.74) is 10.2. The SMILES string of the molecule is NC(=O)c1ccc(-c2ccc3cc(C(=O)O)ccc3c2)cc1C12CC3CC(CC(C3)C1)C2. The Morgan fingerprint density at radius 2 is 1.34 bits per heavy atom. The van der Waals surface area contributed by atoms with E-state index in [1.54, 1.807) is 12.1 Å². The van der Waals surface area contributed by atoms with E-state index in [1.165, 1.54) is 38.5 Å². The summed E-state index contributed by atoms with van der Waals surface area (Å²) in [6.07, 6.45) is 7.60. The second-order valence-electron chi connectivity index (χ2n) is 10.4. The molecule has 0 unspecified atom stereocenters. The Morgan fingerprint density at radius 3 is 1.97 bits per heavy atom. The Balaban J connectivity index is 1.45. The van der Waals surface area contributed by atoms with Gasteiger partial charge < -0.3 is 10.8 Å². The summed E-state index contributed by atoms with van der Waals surface area (Å²) in [5.74, 6) is 1.11. The number of benzene rings is 3. The minimum atomic E-state index is -0.918. The molecule has 162 valence electrons. The molecule has 0 spiro atoms. The lowest BCUT2D eigenvalue weighted by Crippen LogP contribution is -2.49. The lowest BCUT2D eigenvalue weighted by molar-refractivity contribution is -0.00550. The molecule has 4 fully saturated rings. The number of hydrogen-bond acceptors (Lipinski definition) is 2. The van der Waals surface area contributed by atoms with E-state index in [2.05, 4.69) is 12.1 Å². The maximum absolute atomic E-state index is 12.4. The Morgan fingerprint density at radius 1 is 0.781 bits per heavy atom. The Bertz CT molecular complexity index is 1240. The van der Waals surface area contributed by atoms with E-state index in [0.29, 0.717) is 11.1 Å². The molecule has 3 aromatic rings. The monoisotopic (exact) mass is 425 g/mol. The van der Waals surface area contributed by atoms with Crippen LogP contribution in [0.4, 0.5) is 0 Å². The number of carboxylic acids is 1.